The van der Waals surface area contributed by atoms with Gasteiger partial charge in [-0.1, -0.05) is 30.0 Å². The van der Waals surface area contributed by atoms with Gasteiger partial charge in [0.15, 0.2) is 5.16 Å². The molecule has 4 nitrogen and oxygen atoms in total. The summed E-state index contributed by atoms with van der Waals surface area (Å²) in [7, 11) is 2.12. The van der Waals surface area contributed by atoms with Crippen LogP contribution in [0.1, 0.15) is 29.5 Å². The summed E-state index contributed by atoms with van der Waals surface area (Å²) in [6, 6.07) is 5.70. The molecule has 0 saturated carbocycles. The Bertz CT molecular complexity index is 798. The minimum Gasteiger partial charge on any atom is -0.303 e. The van der Waals surface area contributed by atoms with Crippen LogP contribution in [-0.2, 0) is 19.1 Å². The molecule has 0 amide bonds. The summed E-state index contributed by atoms with van der Waals surface area (Å²) in [6.45, 7) is 4.61. The number of benzene rings is 1. The Labute approximate surface area is 180 Å². The number of halogens is 3. The van der Waals surface area contributed by atoms with Crippen LogP contribution >= 0.6 is 11.8 Å². The van der Waals surface area contributed by atoms with Crippen LogP contribution in [-0.4, -0.2) is 59.3 Å². The van der Waals surface area contributed by atoms with E-state index in [9.17, 15) is 13.2 Å². The van der Waals surface area contributed by atoms with Crippen LogP contribution < -0.4 is 0 Å². The lowest BCUT2D eigenvalue weighted by atomic mass is 9.97. The van der Waals surface area contributed by atoms with Gasteiger partial charge < -0.3 is 9.80 Å². The number of likely N-dealkylation sites (tertiary alicyclic amines) is 1. The third kappa shape index (κ3) is 6.96. The number of hydrogen-bond donors (Lipinski definition) is 0. The maximum absolute atomic E-state index is 12.9. The van der Waals surface area contributed by atoms with Gasteiger partial charge in [-0.25, -0.2) is 9.97 Å². The highest BCUT2D eigenvalue weighted by molar-refractivity contribution is 7.98. The lowest BCUT2D eigenvalue weighted by molar-refractivity contribution is -0.137. The van der Waals surface area contributed by atoms with Gasteiger partial charge in [-0.05, 0) is 56.7 Å². The molecule has 1 aliphatic heterocycles. The first-order chi connectivity index (χ1) is 14.3. The van der Waals surface area contributed by atoms with Crippen LogP contribution in [0.2, 0.25) is 0 Å². The number of nitrogens with zero attached hydrogens (tertiary/aromatic N) is 4. The van der Waals surface area contributed by atoms with E-state index in [1.54, 1.807) is 6.07 Å². The molecule has 2 aromatic rings. The molecule has 0 bridgehead atoms. The van der Waals surface area contributed by atoms with Gasteiger partial charge in [-0.15, -0.1) is 0 Å². The summed E-state index contributed by atoms with van der Waals surface area (Å²) >= 11 is 1.53. The van der Waals surface area contributed by atoms with Crippen molar-refractivity contribution in [2.75, 3.05) is 39.5 Å². The van der Waals surface area contributed by atoms with Gasteiger partial charge in [0, 0.05) is 44.1 Å². The SMILES string of the molecule is CSc1ncc(CN(C)CC2CCCN(CCc3cccc(C(F)(F)F)c3)C2)cn1. The lowest BCUT2D eigenvalue weighted by Crippen LogP contribution is -2.40. The van der Waals surface area contributed by atoms with Gasteiger partial charge in [0.05, 0.1) is 5.56 Å². The number of aromatic nitrogens is 2. The van der Waals surface area contributed by atoms with Gasteiger partial charge in [-0.3, -0.25) is 0 Å². The normalized spacial score (nSPS) is 18.1. The maximum atomic E-state index is 12.9. The molecule has 0 N–H and O–H groups in total. The fraction of sp³-hybridized carbons (Fsp3) is 0.545. The second kappa shape index (κ2) is 10.6. The highest BCUT2D eigenvalue weighted by atomic mass is 32.2. The molecule has 2 heterocycles. The summed E-state index contributed by atoms with van der Waals surface area (Å²) in [5.74, 6) is 0.566. The van der Waals surface area contributed by atoms with E-state index in [0.717, 1.165) is 61.5 Å². The number of thioether (sulfide) groups is 1. The minimum atomic E-state index is -4.28. The van der Waals surface area contributed by atoms with E-state index < -0.39 is 11.7 Å². The summed E-state index contributed by atoms with van der Waals surface area (Å²) in [5.41, 5.74) is 1.29. The molecule has 1 atom stereocenters. The zero-order chi connectivity index (χ0) is 21.6. The van der Waals surface area contributed by atoms with E-state index in [0.29, 0.717) is 12.3 Å². The number of hydrogen-bond acceptors (Lipinski definition) is 5. The topological polar surface area (TPSA) is 32.3 Å². The van der Waals surface area contributed by atoms with Crippen LogP contribution in [0.15, 0.2) is 41.8 Å². The minimum absolute atomic E-state index is 0.562. The monoisotopic (exact) mass is 438 g/mol. The molecule has 164 valence electrons. The van der Waals surface area contributed by atoms with E-state index in [1.807, 2.05) is 18.6 Å². The first-order valence-corrected chi connectivity index (χ1v) is 11.5. The smallest absolute Gasteiger partial charge is 0.303 e. The first-order valence-electron chi connectivity index (χ1n) is 10.3. The van der Waals surface area contributed by atoms with Crippen molar-refractivity contribution < 1.29 is 13.2 Å². The van der Waals surface area contributed by atoms with Gasteiger partial charge in [0.2, 0.25) is 0 Å². The molecular formula is C22H29F3N4S. The highest BCUT2D eigenvalue weighted by Crippen LogP contribution is 2.29. The second-order valence-corrected chi connectivity index (χ2v) is 8.81. The van der Waals surface area contributed by atoms with Gasteiger partial charge in [0.1, 0.15) is 0 Å². The first kappa shape index (κ1) is 23.0. The van der Waals surface area contributed by atoms with E-state index >= 15 is 0 Å². The van der Waals surface area contributed by atoms with Crippen LogP contribution in [0.4, 0.5) is 13.2 Å². The Hall–Kier alpha value is -1.64. The third-order valence-corrected chi connectivity index (χ3v) is 6.04. The molecule has 1 aliphatic rings. The van der Waals surface area contributed by atoms with Gasteiger partial charge in [-0.2, -0.15) is 13.2 Å². The Balaban J connectivity index is 1.46. The third-order valence-electron chi connectivity index (χ3n) is 5.46. The fourth-order valence-electron chi connectivity index (χ4n) is 4.04. The summed E-state index contributed by atoms with van der Waals surface area (Å²) in [4.78, 5) is 13.4. The van der Waals surface area contributed by atoms with Crippen molar-refractivity contribution in [2.45, 2.75) is 37.1 Å². The number of piperidine rings is 1. The standard InChI is InChI=1S/C22H29F3N4S/c1-28(15-19-12-26-21(30-2)27-13-19)14-18-6-4-9-29(16-18)10-8-17-5-3-7-20(11-17)22(23,24)25/h3,5,7,11-13,18H,4,6,8-10,14-16H2,1-2H3. The maximum Gasteiger partial charge on any atom is 0.416 e. The van der Waals surface area contributed by atoms with Crippen molar-refractivity contribution in [3.05, 3.63) is 53.3 Å². The summed E-state index contributed by atoms with van der Waals surface area (Å²) in [5, 5.41) is 0.782. The molecular weight excluding hydrogens is 409 g/mol. The fourth-order valence-corrected chi connectivity index (χ4v) is 4.36. The Morgan fingerprint density at radius 2 is 1.97 bits per heavy atom. The molecule has 30 heavy (non-hydrogen) atoms. The molecule has 1 aromatic carbocycles. The molecule has 1 aromatic heterocycles. The molecule has 0 spiro atoms. The van der Waals surface area contributed by atoms with Crippen LogP contribution in [0.3, 0.4) is 0 Å². The van der Waals surface area contributed by atoms with Gasteiger partial charge in [0.25, 0.3) is 0 Å². The molecule has 3 rings (SSSR count). The predicted octanol–water partition coefficient (Wildman–Crippen LogP) is 4.60. The Morgan fingerprint density at radius 3 is 2.67 bits per heavy atom. The average Bonchev–Trinajstić information content (AvgIpc) is 2.72. The molecule has 8 heteroatoms. The van der Waals surface area contributed by atoms with E-state index in [1.165, 1.54) is 30.3 Å². The van der Waals surface area contributed by atoms with Crippen LogP contribution in [0.25, 0.3) is 0 Å². The van der Waals surface area contributed by atoms with Crippen molar-refractivity contribution in [3.8, 4) is 0 Å². The number of rotatable bonds is 8. The van der Waals surface area contributed by atoms with Gasteiger partial charge >= 0.3 is 6.18 Å². The van der Waals surface area contributed by atoms with E-state index in [2.05, 4.69) is 26.8 Å². The second-order valence-electron chi connectivity index (χ2n) is 8.03. The highest BCUT2D eigenvalue weighted by Gasteiger charge is 2.30. The molecule has 1 unspecified atom stereocenters. The Kier molecular flexibility index (Phi) is 8.13. The predicted molar refractivity (Wildman–Crippen MR) is 114 cm³/mol. The molecule has 0 aliphatic carbocycles. The zero-order valence-electron chi connectivity index (χ0n) is 17.5. The van der Waals surface area contributed by atoms with Crippen molar-refractivity contribution in [1.29, 1.82) is 0 Å². The van der Waals surface area contributed by atoms with Crippen molar-refractivity contribution in [2.24, 2.45) is 5.92 Å². The van der Waals surface area contributed by atoms with Crippen LogP contribution in [0.5, 0.6) is 0 Å². The van der Waals surface area contributed by atoms with E-state index in [-0.39, 0.29) is 0 Å². The molecule has 0 radical (unpaired) electrons. The summed E-state index contributed by atoms with van der Waals surface area (Å²) in [6.07, 6.45) is 4.42. The van der Waals surface area contributed by atoms with E-state index in [4.69, 9.17) is 0 Å². The molecule has 1 saturated heterocycles. The van der Waals surface area contributed by atoms with Crippen LogP contribution in [0, 0.1) is 5.92 Å². The average molecular weight is 439 g/mol. The largest absolute Gasteiger partial charge is 0.416 e. The van der Waals surface area contributed by atoms with Crippen molar-refractivity contribution >= 4 is 11.8 Å². The quantitative estimate of drug-likeness (QED) is 0.444. The van der Waals surface area contributed by atoms with Crippen molar-refractivity contribution in [3.63, 3.8) is 0 Å². The van der Waals surface area contributed by atoms with Crippen molar-refractivity contribution in [1.82, 2.24) is 19.8 Å². The zero-order valence-corrected chi connectivity index (χ0v) is 18.3. The number of alkyl halides is 3. The lowest BCUT2D eigenvalue weighted by Gasteiger charge is -2.34. The molecule has 1 fully saturated rings. The Morgan fingerprint density at radius 1 is 1.20 bits per heavy atom. The summed E-state index contributed by atoms with van der Waals surface area (Å²) < 4.78 is 38.7.